The van der Waals surface area contributed by atoms with Crippen molar-refractivity contribution < 1.29 is 14.6 Å². The Balaban J connectivity index is 1.91. The van der Waals surface area contributed by atoms with Crippen molar-refractivity contribution in [3.05, 3.63) is 17.6 Å². The van der Waals surface area contributed by atoms with Crippen LogP contribution in [0.1, 0.15) is 30.5 Å². The van der Waals surface area contributed by atoms with E-state index < -0.39 is 11.9 Å². The number of nitrogens with zero attached hydrogens (tertiary/aromatic N) is 3. The first-order valence-corrected chi connectivity index (χ1v) is 7.54. The molecule has 0 spiro atoms. The summed E-state index contributed by atoms with van der Waals surface area (Å²) >= 11 is 0. The molecule has 2 aliphatic rings. The smallest absolute Gasteiger partial charge is 0.311 e. The second kappa shape index (κ2) is 5.97. The highest BCUT2D eigenvalue weighted by Gasteiger charge is 2.38. The summed E-state index contributed by atoms with van der Waals surface area (Å²) in [5.41, 5.74) is 2.31. The summed E-state index contributed by atoms with van der Waals surface area (Å²) in [4.78, 5) is 22.2. The van der Waals surface area contributed by atoms with Gasteiger partial charge in [-0.2, -0.15) is 0 Å². The van der Waals surface area contributed by atoms with Gasteiger partial charge < -0.3 is 14.7 Å². The van der Waals surface area contributed by atoms with Crippen LogP contribution in [-0.4, -0.2) is 47.3 Å². The highest BCUT2D eigenvalue weighted by Crippen LogP contribution is 2.30. The lowest BCUT2D eigenvalue weighted by molar-refractivity contribution is -0.141. The number of fused-ring (bicyclic) bond motifs is 1. The molecule has 2 heterocycles. The number of rotatable bonds is 3. The van der Waals surface area contributed by atoms with Crippen LogP contribution in [0.15, 0.2) is 6.33 Å². The molecule has 0 amide bonds. The van der Waals surface area contributed by atoms with Crippen molar-refractivity contribution in [3.63, 3.8) is 0 Å². The van der Waals surface area contributed by atoms with E-state index in [-0.39, 0.29) is 12.6 Å². The Hall–Kier alpha value is -1.69. The topological polar surface area (TPSA) is 75.5 Å². The van der Waals surface area contributed by atoms with Crippen molar-refractivity contribution in [3.8, 4) is 0 Å². The third kappa shape index (κ3) is 2.72. The second-order valence-electron chi connectivity index (χ2n) is 5.84. The van der Waals surface area contributed by atoms with Gasteiger partial charge in [0.15, 0.2) is 0 Å². The van der Waals surface area contributed by atoms with Crippen molar-refractivity contribution in [2.75, 3.05) is 25.2 Å². The van der Waals surface area contributed by atoms with Gasteiger partial charge >= 0.3 is 5.97 Å². The number of aliphatic carboxylic acids is 1. The molecular weight excluding hydrogens is 270 g/mol. The summed E-state index contributed by atoms with van der Waals surface area (Å²) < 4.78 is 5.38. The number of ether oxygens (including phenoxy) is 1. The van der Waals surface area contributed by atoms with Crippen LogP contribution >= 0.6 is 0 Å². The zero-order valence-electron chi connectivity index (χ0n) is 12.3. The molecule has 3 rings (SSSR count). The van der Waals surface area contributed by atoms with Gasteiger partial charge in [-0.15, -0.1) is 0 Å². The molecule has 1 fully saturated rings. The van der Waals surface area contributed by atoms with Crippen LogP contribution in [0.25, 0.3) is 0 Å². The van der Waals surface area contributed by atoms with Crippen molar-refractivity contribution in [1.29, 1.82) is 0 Å². The minimum absolute atomic E-state index is 0.162. The first-order valence-electron chi connectivity index (χ1n) is 7.54. The molecule has 2 unspecified atom stereocenters. The summed E-state index contributed by atoms with van der Waals surface area (Å²) in [5.74, 6) is -0.417. The van der Waals surface area contributed by atoms with Crippen LogP contribution in [0.3, 0.4) is 0 Å². The van der Waals surface area contributed by atoms with E-state index in [1.807, 2.05) is 11.9 Å². The van der Waals surface area contributed by atoms with Gasteiger partial charge in [0.1, 0.15) is 18.1 Å². The van der Waals surface area contributed by atoms with Gasteiger partial charge in [-0.1, -0.05) is 6.42 Å². The summed E-state index contributed by atoms with van der Waals surface area (Å²) in [7, 11) is 1.92. The van der Waals surface area contributed by atoms with E-state index >= 15 is 0 Å². The average molecular weight is 291 g/mol. The maximum Gasteiger partial charge on any atom is 0.311 e. The number of carboxylic acid groups (broad SMARTS) is 1. The average Bonchev–Trinajstić information content (AvgIpc) is 2.85. The predicted molar refractivity (Wildman–Crippen MR) is 77.4 cm³/mol. The van der Waals surface area contributed by atoms with E-state index in [2.05, 4.69) is 9.97 Å². The Bertz CT molecular complexity index is 535. The maximum absolute atomic E-state index is 11.4. The second-order valence-corrected chi connectivity index (χ2v) is 5.84. The summed E-state index contributed by atoms with van der Waals surface area (Å²) in [6.07, 6.45) is 7.08. The lowest BCUT2D eigenvalue weighted by Crippen LogP contribution is -2.41. The number of carboxylic acids is 1. The Morgan fingerprint density at radius 1 is 1.29 bits per heavy atom. The molecule has 1 saturated heterocycles. The molecule has 0 radical (unpaired) electrons. The van der Waals surface area contributed by atoms with E-state index in [9.17, 15) is 9.90 Å². The van der Waals surface area contributed by atoms with E-state index in [1.165, 1.54) is 12.0 Å². The zero-order chi connectivity index (χ0) is 14.8. The standard InChI is InChI=1S/C15H21N3O3/c1-18(13-8-21-7-11(13)15(19)20)14-10-5-3-2-4-6-12(10)16-9-17-14/h9,11,13H,2-8H2,1H3,(H,19,20). The Morgan fingerprint density at radius 2 is 2.10 bits per heavy atom. The molecule has 2 atom stereocenters. The summed E-state index contributed by atoms with van der Waals surface area (Å²) in [6.45, 7) is 0.712. The van der Waals surface area contributed by atoms with Crippen LogP contribution in [0, 0.1) is 5.92 Å². The van der Waals surface area contributed by atoms with E-state index in [1.54, 1.807) is 6.33 Å². The van der Waals surface area contributed by atoms with Crippen LogP contribution in [0.2, 0.25) is 0 Å². The highest BCUT2D eigenvalue weighted by atomic mass is 16.5. The lowest BCUT2D eigenvalue weighted by atomic mass is 10.0. The van der Waals surface area contributed by atoms with Gasteiger partial charge in [0.25, 0.3) is 0 Å². The molecule has 114 valence electrons. The minimum atomic E-state index is -0.801. The number of hydrogen-bond acceptors (Lipinski definition) is 5. The van der Waals surface area contributed by atoms with Crippen LogP contribution in [-0.2, 0) is 22.4 Å². The monoisotopic (exact) mass is 291 g/mol. The largest absolute Gasteiger partial charge is 0.481 e. The zero-order valence-corrected chi connectivity index (χ0v) is 12.3. The molecule has 21 heavy (non-hydrogen) atoms. The first kappa shape index (κ1) is 14.3. The quantitative estimate of drug-likeness (QED) is 0.846. The molecule has 1 aromatic heterocycles. The van der Waals surface area contributed by atoms with Gasteiger partial charge in [0.05, 0.1) is 19.3 Å². The van der Waals surface area contributed by atoms with Gasteiger partial charge in [-0.05, 0) is 25.7 Å². The minimum Gasteiger partial charge on any atom is -0.481 e. The van der Waals surface area contributed by atoms with Gasteiger partial charge in [0, 0.05) is 18.3 Å². The number of anilines is 1. The molecule has 0 aromatic carbocycles. The molecule has 1 aliphatic carbocycles. The Morgan fingerprint density at radius 3 is 2.90 bits per heavy atom. The van der Waals surface area contributed by atoms with Crippen molar-refractivity contribution >= 4 is 11.8 Å². The lowest BCUT2D eigenvalue weighted by Gasteiger charge is -2.29. The molecule has 6 nitrogen and oxygen atoms in total. The van der Waals surface area contributed by atoms with Gasteiger partial charge in [-0.3, -0.25) is 4.79 Å². The van der Waals surface area contributed by atoms with Gasteiger partial charge in [0.2, 0.25) is 0 Å². The molecule has 1 aliphatic heterocycles. The SMILES string of the molecule is CN(c1ncnc2c1CCCCC2)C1COCC1C(=O)O. The van der Waals surface area contributed by atoms with E-state index in [0.29, 0.717) is 6.61 Å². The number of likely N-dealkylation sites (N-methyl/N-ethyl adjacent to an activating group) is 1. The predicted octanol–water partition coefficient (Wildman–Crippen LogP) is 1.28. The molecule has 6 heteroatoms. The number of aryl methyl sites for hydroxylation is 1. The van der Waals surface area contributed by atoms with Crippen molar-refractivity contribution in [2.45, 2.75) is 38.1 Å². The van der Waals surface area contributed by atoms with Crippen LogP contribution in [0.4, 0.5) is 5.82 Å². The first-order chi connectivity index (χ1) is 10.2. The van der Waals surface area contributed by atoms with E-state index in [4.69, 9.17) is 4.74 Å². The summed E-state index contributed by atoms with van der Waals surface area (Å²) in [5, 5.41) is 9.32. The maximum atomic E-state index is 11.4. The molecular formula is C15H21N3O3. The normalized spacial score (nSPS) is 25.2. The van der Waals surface area contributed by atoms with Crippen molar-refractivity contribution in [1.82, 2.24) is 9.97 Å². The van der Waals surface area contributed by atoms with Crippen LogP contribution in [0.5, 0.6) is 0 Å². The fraction of sp³-hybridized carbons (Fsp3) is 0.667. The molecule has 0 bridgehead atoms. The van der Waals surface area contributed by atoms with Crippen molar-refractivity contribution in [2.24, 2.45) is 5.92 Å². The Labute approximate surface area is 124 Å². The number of carbonyl (C=O) groups is 1. The third-order valence-corrected chi connectivity index (χ3v) is 4.55. The van der Waals surface area contributed by atoms with Gasteiger partial charge in [-0.25, -0.2) is 9.97 Å². The number of hydrogen-bond donors (Lipinski definition) is 1. The third-order valence-electron chi connectivity index (χ3n) is 4.55. The molecule has 1 N–H and O–H groups in total. The molecule has 1 aromatic rings. The molecule has 0 saturated carbocycles. The Kier molecular flexibility index (Phi) is 4.05. The highest BCUT2D eigenvalue weighted by molar-refractivity contribution is 5.72. The summed E-state index contributed by atoms with van der Waals surface area (Å²) in [6, 6.07) is -0.162. The van der Waals surface area contributed by atoms with E-state index in [0.717, 1.165) is 37.2 Å². The van der Waals surface area contributed by atoms with Crippen LogP contribution < -0.4 is 4.90 Å². The fourth-order valence-corrected chi connectivity index (χ4v) is 3.30. The number of aromatic nitrogens is 2. The fourth-order valence-electron chi connectivity index (χ4n) is 3.30.